The molecule has 4 nitrogen and oxygen atoms in total. The zero-order valence-electron chi connectivity index (χ0n) is 10.7. The number of carbonyl (C=O) groups is 1. The Morgan fingerprint density at radius 3 is 2.89 bits per heavy atom. The second-order valence-corrected chi connectivity index (χ2v) is 5.09. The number of fused-ring (bicyclic) bond motifs is 1. The fourth-order valence-electron chi connectivity index (χ4n) is 1.95. The van der Waals surface area contributed by atoms with E-state index >= 15 is 0 Å². The molecule has 0 aromatic heterocycles. The molecular weight excluding hydrogens is 434 g/mol. The minimum Gasteiger partial charge on any atom is -0.463 e. The summed E-state index contributed by atoms with van der Waals surface area (Å²) in [5.41, 5.74) is 1.83. The summed E-state index contributed by atoms with van der Waals surface area (Å²) in [7, 11) is 1.84. The molecule has 0 amide bonds. The van der Waals surface area contributed by atoms with Crippen molar-refractivity contribution in [3.05, 3.63) is 39.1 Å². The van der Waals surface area contributed by atoms with Crippen LogP contribution in [0.15, 0.2) is 23.9 Å². The van der Waals surface area contributed by atoms with E-state index in [4.69, 9.17) is 4.74 Å². The van der Waals surface area contributed by atoms with Crippen LogP contribution in [0.4, 0.5) is 5.69 Å². The van der Waals surface area contributed by atoms with Crippen molar-refractivity contribution < 1.29 is 47.3 Å². The first-order valence-electron chi connectivity index (χ1n) is 5.55. The van der Waals surface area contributed by atoms with Crippen molar-refractivity contribution >= 4 is 34.2 Å². The molecule has 1 aromatic carbocycles. The summed E-state index contributed by atoms with van der Waals surface area (Å²) in [6, 6.07) is 6.50. The third kappa shape index (κ3) is 3.38. The molecule has 6 heteroatoms. The van der Waals surface area contributed by atoms with Gasteiger partial charge in [0.2, 0.25) is 0 Å². The first-order valence-corrected chi connectivity index (χ1v) is 6.63. The maximum absolute atomic E-state index is 11.8. The van der Waals surface area contributed by atoms with E-state index in [-0.39, 0.29) is 44.9 Å². The van der Waals surface area contributed by atoms with Gasteiger partial charge in [0, 0.05) is 46.0 Å². The number of aliphatic hydroxyl groups excluding tert-OH is 1. The summed E-state index contributed by atoms with van der Waals surface area (Å²) in [6.45, 7) is 2.03. The molecule has 0 saturated carbocycles. The van der Waals surface area contributed by atoms with Crippen LogP contribution in [0, 0.1) is 9.64 Å². The van der Waals surface area contributed by atoms with E-state index in [0.717, 1.165) is 9.26 Å². The van der Waals surface area contributed by atoms with Gasteiger partial charge in [0.05, 0.1) is 18.3 Å². The first-order chi connectivity index (χ1) is 8.56. The van der Waals surface area contributed by atoms with Gasteiger partial charge in [0.15, 0.2) is 0 Å². The topological polar surface area (TPSA) is 49.8 Å². The molecule has 0 bridgehead atoms. The minimum absolute atomic E-state index is 0. The Labute approximate surface area is 151 Å². The van der Waals surface area contributed by atoms with Gasteiger partial charge in [0.25, 0.3) is 0 Å². The van der Waals surface area contributed by atoms with Gasteiger partial charge in [-0.1, -0.05) is 14.8 Å². The quantitative estimate of drug-likeness (QED) is 0.429. The summed E-state index contributed by atoms with van der Waals surface area (Å²) in [6.07, 6.45) is 0.661. The molecule has 0 saturated heterocycles. The number of halogens is 1. The van der Waals surface area contributed by atoms with E-state index < -0.39 is 12.1 Å². The normalized spacial score (nSPS) is 17.2. The van der Waals surface area contributed by atoms with E-state index in [1.165, 1.54) is 0 Å². The van der Waals surface area contributed by atoms with Crippen LogP contribution < -0.4 is 4.90 Å². The largest absolute Gasteiger partial charge is 0.463 e. The monoisotopic (exact) mass is 447 g/mol. The number of esters is 1. The number of rotatable bonds is 2. The van der Waals surface area contributed by atoms with Crippen molar-refractivity contribution in [1.82, 2.24) is 0 Å². The van der Waals surface area contributed by atoms with Crippen molar-refractivity contribution in [1.29, 1.82) is 0 Å². The molecule has 0 fully saturated rings. The second-order valence-electron chi connectivity index (χ2n) is 3.93. The average molecular weight is 447 g/mol. The van der Waals surface area contributed by atoms with Gasteiger partial charge in [-0.2, -0.15) is 18.2 Å². The van der Waals surface area contributed by atoms with Crippen LogP contribution in [0.5, 0.6) is 0 Å². The number of nitrogens with zero attached hydrogens (tertiary/aromatic N) is 1. The molecule has 2 rings (SSSR count). The smallest absolute Gasteiger partial charge is 0.337 e. The number of hydrogen-bond acceptors (Lipinski definition) is 4. The van der Waals surface area contributed by atoms with E-state index in [1.54, 1.807) is 19.2 Å². The molecule has 1 aromatic rings. The van der Waals surface area contributed by atoms with Crippen LogP contribution in [0.25, 0.3) is 0 Å². The van der Waals surface area contributed by atoms with Gasteiger partial charge in [-0.25, -0.2) is 4.79 Å². The summed E-state index contributed by atoms with van der Waals surface area (Å²) in [5.74, 6) is -0.485. The van der Waals surface area contributed by atoms with E-state index in [2.05, 4.69) is 28.7 Å². The molecule has 0 aliphatic carbocycles. The predicted octanol–water partition coefficient (Wildman–Crippen LogP) is 2.02. The van der Waals surface area contributed by atoms with Crippen molar-refractivity contribution in [3.63, 3.8) is 0 Å². The summed E-state index contributed by atoms with van der Waals surface area (Å²) >= 11 is 2.18. The van der Waals surface area contributed by atoms with Gasteiger partial charge in [-0.3, -0.25) is 0 Å². The predicted molar refractivity (Wildman–Crippen MR) is 76.1 cm³/mol. The Hall–Kier alpha value is 0.0239. The molecule has 1 aliphatic rings. The third-order valence-corrected chi connectivity index (χ3v) is 3.56. The van der Waals surface area contributed by atoms with Crippen molar-refractivity contribution in [2.75, 3.05) is 18.6 Å². The third-order valence-electron chi connectivity index (χ3n) is 2.73. The Bertz CT molecular complexity index is 519. The Balaban J connectivity index is 0.00000180. The second kappa shape index (κ2) is 7.15. The molecule has 1 unspecified atom stereocenters. The first kappa shape index (κ1) is 17.1. The number of aliphatic hydroxyl groups is 1. The molecule has 19 heavy (non-hydrogen) atoms. The summed E-state index contributed by atoms with van der Waals surface area (Å²) in [4.78, 5) is 13.6. The fraction of sp³-hybridized carbons (Fsp3) is 0.308. The molecule has 1 heterocycles. The maximum Gasteiger partial charge on any atom is 0.337 e. The van der Waals surface area contributed by atoms with Gasteiger partial charge in [0.1, 0.15) is 0 Å². The molecule has 1 radical (unpaired) electrons. The van der Waals surface area contributed by atoms with Crippen molar-refractivity contribution in [3.8, 4) is 0 Å². The van der Waals surface area contributed by atoms with Crippen LogP contribution >= 0.6 is 22.6 Å². The zero-order valence-corrected chi connectivity index (χ0v) is 15.7. The van der Waals surface area contributed by atoms with E-state index in [1.807, 2.05) is 18.0 Å². The molecule has 99 valence electrons. The fourth-order valence-corrected chi connectivity index (χ4v) is 2.82. The number of ether oxygens (including phenoxy) is 1. The van der Waals surface area contributed by atoms with E-state index in [9.17, 15) is 9.90 Å². The average Bonchev–Trinajstić information content (AvgIpc) is 2.33. The number of carbonyl (C=O) groups excluding carboxylic acids is 1. The summed E-state index contributed by atoms with van der Waals surface area (Å²) in [5, 5.41) is 10.2. The van der Waals surface area contributed by atoms with Crippen LogP contribution in [-0.2, 0) is 42.2 Å². The molecule has 1 atom stereocenters. The number of anilines is 1. The Kier molecular flexibility index (Phi) is 6.43. The summed E-state index contributed by atoms with van der Waals surface area (Å²) < 4.78 is 5.92. The minimum atomic E-state index is -0.957. The SMILES string of the molecule is CCOC(=O)C1=CN(C)c2c(I)c[c-]cc2C1O.[Y]. The Morgan fingerprint density at radius 1 is 1.58 bits per heavy atom. The van der Waals surface area contributed by atoms with Crippen LogP contribution in [0.1, 0.15) is 18.6 Å². The molecule has 0 spiro atoms. The molecule has 1 N–H and O–H groups in total. The van der Waals surface area contributed by atoms with Gasteiger partial charge in [-0.15, -0.1) is 22.6 Å². The van der Waals surface area contributed by atoms with Crippen LogP contribution in [-0.4, -0.2) is 24.7 Å². The van der Waals surface area contributed by atoms with Crippen molar-refractivity contribution in [2.24, 2.45) is 0 Å². The number of benzene rings is 1. The van der Waals surface area contributed by atoms with E-state index in [0.29, 0.717) is 5.56 Å². The van der Waals surface area contributed by atoms with Crippen molar-refractivity contribution in [2.45, 2.75) is 13.0 Å². The van der Waals surface area contributed by atoms with Crippen LogP contribution in [0.3, 0.4) is 0 Å². The van der Waals surface area contributed by atoms with Gasteiger partial charge >= 0.3 is 5.97 Å². The zero-order chi connectivity index (χ0) is 13.3. The van der Waals surface area contributed by atoms with Gasteiger partial charge < -0.3 is 14.7 Å². The standard InChI is InChI=1S/C13H13INO3.Y/c1-3-18-13(17)9-7-15(2)11-8(12(9)16)5-4-6-10(11)14;/h5-7,12,16H,3H2,1-2H3;/q-1;. The molecule has 1 aliphatic heterocycles. The maximum atomic E-state index is 11.8. The number of hydrogen-bond donors (Lipinski definition) is 1. The van der Waals surface area contributed by atoms with Crippen LogP contribution in [0.2, 0.25) is 0 Å². The molecular formula is C13H13INO3Y-. The van der Waals surface area contributed by atoms with Gasteiger partial charge in [-0.05, 0) is 6.92 Å². The Morgan fingerprint density at radius 2 is 2.26 bits per heavy atom.